The summed E-state index contributed by atoms with van der Waals surface area (Å²) in [5.74, 6) is -0.294. The molecule has 0 aromatic heterocycles. The van der Waals surface area contributed by atoms with E-state index in [0.29, 0.717) is 0 Å². The van der Waals surface area contributed by atoms with Crippen molar-refractivity contribution in [3.8, 4) is 0 Å². The van der Waals surface area contributed by atoms with Crippen LogP contribution in [0.2, 0.25) is 0 Å². The molecule has 5 heteroatoms. The van der Waals surface area contributed by atoms with Gasteiger partial charge in [-0.25, -0.2) is 0 Å². The SMILES string of the molecule is Cc1ccc([C@@H](N)B2OC(C)(C)C(C)(C)O2)cc1Br. The minimum atomic E-state index is -0.417. The van der Waals surface area contributed by atoms with Gasteiger partial charge in [-0.15, -0.1) is 0 Å². The van der Waals surface area contributed by atoms with Gasteiger partial charge in [-0.3, -0.25) is 0 Å². The van der Waals surface area contributed by atoms with Gasteiger partial charge in [-0.2, -0.15) is 0 Å². The van der Waals surface area contributed by atoms with E-state index in [9.17, 15) is 0 Å². The topological polar surface area (TPSA) is 44.5 Å². The zero-order chi connectivity index (χ0) is 14.4. The van der Waals surface area contributed by atoms with E-state index >= 15 is 0 Å². The summed E-state index contributed by atoms with van der Waals surface area (Å²) in [4.78, 5) is 0. The Kier molecular flexibility index (Phi) is 3.86. The van der Waals surface area contributed by atoms with Crippen LogP contribution in [0.25, 0.3) is 0 Å². The molecule has 2 N–H and O–H groups in total. The van der Waals surface area contributed by atoms with Gasteiger partial charge in [0.05, 0.1) is 17.1 Å². The fourth-order valence-corrected chi connectivity index (χ4v) is 2.41. The number of nitrogens with two attached hydrogens (primary N) is 1. The van der Waals surface area contributed by atoms with E-state index in [1.807, 2.05) is 52.8 Å². The van der Waals surface area contributed by atoms with Crippen LogP contribution in [0.4, 0.5) is 0 Å². The van der Waals surface area contributed by atoms with Gasteiger partial charge in [-0.1, -0.05) is 28.1 Å². The maximum atomic E-state index is 6.29. The van der Waals surface area contributed by atoms with Crippen LogP contribution >= 0.6 is 15.9 Å². The lowest BCUT2D eigenvalue weighted by molar-refractivity contribution is 0.00578. The molecule has 0 amide bonds. The van der Waals surface area contributed by atoms with Gasteiger partial charge < -0.3 is 15.0 Å². The number of hydrogen-bond donors (Lipinski definition) is 1. The number of hydrogen-bond acceptors (Lipinski definition) is 3. The smallest absolute Gasteiger partial charge is 0.402 e. The predicted molar refractivity (Wildman–Crippen MR) is 81.9 cm³/mol. The summed E-state index contributed by atoms with van der Waals surface area (Å²) in [6, 6.07) is 6.10. The zero-order valence-electron chi connectivity index (χ0n) is 12.2. The summed E-state index contributed by atoms with van der Waals surface area (Å²) in [7, 11) is -0.417. The summed E-state index contributed by atoms with van der Waals surface area (Å²) in [6.45, 7) is 10.2. The van der Waals surface area contributed by atoms with Crippen molar-refractivity contribution in [1.29, 1.82) is 0 Å². The average Bonchev–Trinajstić information content (AvgIpc) is 2.51. The Morgan fingerprint density at radius 2 is 1.68 bits per heavy atom. The molecule has 1 aromatic carbocycles. The van der Waals surface area contributed by atoms with Gasteiger partial charge in [-0.05, 0) is 51.8 Å². The van der Waals surface area contributed by atoms with Crippen LogP contribution in [-0.4, -0.2) is 18.3 Å². The Morgan fingerprint density at radius 1 is 1.16 bits per heavy atom. The minimum Gasteiger partial charge on any atom is -0.402 e. The van der Waals surface area contributed by atoms with E-state index in [0.717, 1.165) is 10.0 Å². The Morgan fingerprint density at radius 3 is 2.16 bits per heavy atom. The third-order valence-electron chi connectivity index (χ3n) is 4.15. The molecule has 1 fully saturated rings. The fraction of sp³-hybridized carbons (Fsp3) is 0.571. The molecule has 0 saturated carbocycles. The number of rotatable bonds is 2. The molecule has 104 valence electrons. The molecular weight excluding hydrogens is 305 g/mol. The lowest BCUT2D eigenvalue weighted by Crippen LogP contribution is -2.41. The summed E-state index contributed by atoms with van der Waals surface area (Å²) < 4.78 is 13.0. The van der Waals surface area contributed by atoms with E-state index in [1.165, 1.54) is 5.56 Å². The first-order valence-electron chi connectivity index (χ1n) is 6.51. The maximum absolute atomic E-state index is 6.29. The van der Waals surface area contributed by atoms with Gasteiger partial charge >= 0.3 is 7.12 Å². The quantitative estimate of drug-likeness (QED) is 0.848. The zero-order valence-corrected chi connectivity index (χ0v) is 13.7. The summed E-state index contributed by atoms with van der Waals surface area (Å²) in [6.07, 6.45) is 0. The molecule has 1 heterocycles. The first-order chi connectivity index (χ1) is 8.64. The lowest BCUT2D eigenvalue weighted by Gasteiger charge is -2.32. The number of aryl methyl sites for hydroxylation is 1. The molecule has 0 radical (unpaired) electrons. The van der Waals surface area contributed by atoms with Crippen LogP contribution < -0.4 is 5.73 Å². The monoisotopic (exact) mass is 325 g/mol. The van der Waals surface area contributed by atoms with E-state index in [2.05, 4.69) is 15.9 Å². The average molecular weight is 326 g/mol. The van der Waals surface area contributed by atoms with Gasteiger partial charge in [0.2, 0.25) is 0 Å². The van der Waals surface area contributed by atoms with Crippen LogP contribution in [0.15, 0.2) is 22.7 Å². The van der Waals surface area contributed by atoms with Gasteiger partial charge in [0, 0.05) is 4.47 Å². The summed E-state index contributed by atoms with van der Waals surface area (Å²) in [5.41, 5.74) is 7.79. The molecule has 0 bridgehead atoms. The van der Waals surface area contributed by atoms with Crippen molar-refractivity contribution in [2.45, 2.75) is 51.8 Å². The molecule has 0 unspecified atom stereocenters. The molecule has 1 atom stereocenters. The molecule has 2 rings (SSSR count). The summed E-state index contributed by atoms with van der Waals surface area (Å²) in [5, 5.41) is 0. The highest BCUT2D eigenvalue weighted by atomic mass is 79.9. The van der Waals surface area contributed by atoms with Crippen LogP contribution in [0, 0.1) is 6.92 Å². The molecule has 1 aromatic rings. The molecule has 0 spiro atoms. The second-order valence-corrected chi connectivity index (χ2v) is 7.01. The molecule has 1 saturated heterocycles. The van der Waals surface area contributed by atoms with Gasteiger partial charge in [0.1, 0.15) is 0 Å². The second-order valence-electron chi connectivity index (χ2n) is 6.16. The highest BCUT2D eigenvalue weighted by Gasteiger charge is 2.53. The Bertz CT molecular complexity index is 474. The van der Waals surface area contributed by atoms with Crippen molar-refractivity contribution in [3.05, 3.63) is 33.8 Å². The molecule has 1 aliphatic heterocycles. The Labute approximate surface area is 124 Å². The van der Waals surface area contributed by atoms with Crippen molar-refractivity contribution in [2.75, 3.05) is 0 Å². The standard InChI is InChI=1S/C14H21BBrNO2/c1-9-6-7-10(8-11(9)16)12(17)15-18-13(2,3)14(4,5)19-15/h6-8,12H,17H2,1-5H3/t12-/m1/s1. The van der Waals surface area contributed by atoms with Crippen LogP contribution in [0.3, 0.4) is 0 Å². The summed E-state index contributed by atoms with van der Waals surface area (Å²) >= 11 is 3.53. The number of benzene rings is 1. The van der Waals surface area contributed by atoms with E-state index < -0.39 is 7.12 Å². The second kappa shape index (κ2) is 4.88. The first-order valence-corrected chi connectivity index (χ1v) is 7.31. The van der Waals surface area contributed by atoms with Crippen molar-refractivity contribution >= 4 is 23.0 Å². The van der Waals surface area contributed by atoms with E-state index in [1.54, 1.807) is 0 Å². The van der Waals surface area contributed by atoms with Crippen molar-refractivity contribution in [2.24, 2.45) is 5.73 Å². The van der Waals surface area contributed by atoms with E-state index in [4.69, 9.17) is 15.0 Å². The van der Waals surface area contributed by atoms with Crippen LogP contribution in [0.5, 0.6) is 0 Å². The largest absolute Gasteiger partial charge is 0.480 e. The molecule has 1 aliphatic rings. The minimum absolute atomic E-state index is 0.294. The lowest BCUT2D eigenvalue weighted by atomic mass is 9.75. The molecule has 3 nitrogen and oxygen atoms in total. The highest BCUT2D eigenvalue weighted by molar-refractivity contribution is 9.10. The van der Waals surface area contributed by atoms with Crippen LogP contribution in [0.1, 0.15) is 44.8 Å². The third-order valence-corrected chi connectivity index (χ3v) is 5.00. The van der Waals surface area contributed by atoms with Crippen molar-refractivity contribution in [1.82, 2.24) is 0 Å². The van der Waals surface area contributed by atoms with Gasteiger partial charge in [0.15, 0.2) is 0 Å². The highest BCUT2D eigenvalue weighted by Crippen LogP contribution is 2.39. The van der Waals surface area contributed by atoms with Crippen molar-refractivity contribution in [3.63, 3.8) is 0 Å². The van der Waals surface area contributed by atoms with Crippen LogP contribution in [-0.2, 0) is 9.31 Å². The first kappa shape index (κ1) is 15.0. The van der Waals surface area contributed by atoms with E-state index in [-0.39, 0.29) is 17.1 Å². The third kappa shape index (κ3) is 2.75. The Balaban J connectivity index is 2.22. The Hall–Kier alpha value is -0.355. The van der Waals surface area contributed by atoms with Crippen molar-refractivity contribution < 1.29 is 9.31 Å². The molecular formula is C14H21BBrNO2. The number of halogens is 1. The maximum Gasteiger partial charge on any atom is 0.480 e. The normalized spacial score (nSPS) is 22.6. The fourth-order valence-electron chi connectivity index (χ4n) is 2.01. The molecule has 19 heavy (non-hydrogen) atoms. The molecule has 0 aliphatic carbocycles. The predicted octanol–water partition coefficient (Wildman–Crippen LogP) is 3.39. The van der Waals surface area contributed by atoms with Gasteiger partial charge in [0.25, 0.3) is 0 Å².